The first-order valence-corrected chi connectivity index (χ1v) is 6.97. The van der Waals surface area contributed by atoms with E-state index >= 15 is 0 Å². The van der Waals surface area contributed by atoms with E-state index in [1.807, 2.05) is 0 Å². The van der Waals surface area contributed by atoms with E-state index in [-0.39, 0.29) is 15.7 Å². The molecule has 0 saturated heterocycles. The molecule has 92 valence electrons. The molecule has 0 aliphatic carbocycles. The van der Waals surface area contributed by atoms with Crippen molar-refractivity contribution in [2.24, 2.45) is 0 Å². The highest BCUT2D eigenvalue weighted by Gasteiger charge is 2.20. The summed E-state index contributed by atoms with van der Waals surface area (Å²) in [6.07, 6.45) is 1.35. The highest BCUT2D eigenvalue weighted by Crippen LogP contribution is 2.18. The zero-order valence-corrected chi connectivity index (χ0v) is 10.8. The molecule has 0 aromatic carbocycles. The van der Waals surface area contributed by atoms with Crippen LogP contribution in [-0.4, -0.2) is 22.8 Å². The van der Waals surface area contributed by atoms with Gasteiger partial charge in [0, 0.05) is 17.7 Å². The van der Waals surface area contributed by atoms with E-state index < -0.39 is 10.0 Å². The average molecular weight is 281 g/mol. The Kier molecular flexibility index (Phi) is 3.22. The van der Waals surface area contributed by atoms with Gasteiger partial charge in [0.05, 0.1) is 0 Å². The van der Waals surface area contributed by atoms with Crippen LogP contribution < -0.4 is 4.72 Å². The van der Waals surface area contributed by atoms with E-state index in [1.54, 1.807) is 13.0 Å². The Hall–Kier alpha value is -2.05. The molecule has 2 rings (SSSR count). The first kappa shape index (κ1) is 12.4. The predicted octanol–water partition coefficient (Wildman–Crippen LogP) is 0.914. The lowest BCUT2D eigenvalue weighted by Crippen LogP contribution is -2.14. The quantitative estimate of drug-likeness (QED) is 0.895. The molecule has 0 amide bonds. The standard InChI is InChI=1S/C9H7N5O2S2/c1-6-12-9(17-13-6)14-18(15,16)8-3-2-4-11-7(8)5-10/h2-4H,1H3,(H,12,13,14). The van der Waals surface area contributed by atoms with Gasteiger partial charge in [-0.05, 0) is 19.1 Å². The fourth-order valence-electron chi connectivity index (χ4n) is 1.20. The number of nitriles is 1. The third-order valence-corrected chi connectivity index (χ3v) is 4.14. The lowest BCUT2D eigenvalue weighted by Gasteiger charge is -2.04. The molecule has 9 heteroatoms. The van der Waals surface area contributed by atoms with Crippen molar-refractivity contribution in [2.45, 2.75) is 11.8 Å². The van der Waals surface area contributed by atoms with Crippen LogP contribution in [-0.2, 0) is 10.0 Å². The number of hydrogen-bond acceptors (Lipinski definition) is 7. The Morgan fingerprint density at radius 3 is 2.89 bits per heavy atom. The molecular formula is C9H7N5O2S2. The van der Waals surface area contributed by atoms with Gasteiger partial charge in [-0.1, -0.05) is 0 Å². The minimum Gasteiger partial charge on any atom is -0.253 e. The van der Waals surface area contributed by atoms with Gasteiger partial charge >= 0.3 is 0 Å². The Balaban J connectivity index is 2.40. The van der Waals surface area contributed by atoms with Gasteiger partial charge in [0.25, 0.3) is 10.0 Å². The Labute approximate surface area is 107 Å². The number of aryl methyl sites for hydroxylation is 1. The van der Waals surface area contributed by atoms with Crippen molar-refractivity contribution < 1.29 is 8.42 Å². The lowest BCUT2D eigenvalue weighted by molar-refractivity contribution is 0.600. The molecule has 0 fully saturated rings. The van der Waals surface area contributed by atoms with Gasteiger partial charge < -0.3 is 0 Å². The van der Waals surface area contributed by atoms with E-state index in [4.69, 9.17) is 5.26 Å². The number of hydrogen-bond donors (Lipinski definition) is 1. The van der Waals surface area contributed by atoms with E-state index in [2.05, 4.69) is 19.1 Å². The molecule has 0 unspecified atom stereocenters. The SMILES string of the molecule is Cc1nsc(NS(=O)(=O)c2cccnc2C#N)n1. The molecule has 0 aliphatic heterocycles. The number of rotatable bonds is 3. The molecule has 0 saturated carbocycles. The molecule has 2 heterocycles. The van der Waals surface area contributed by atoms with Crippen molar-refractivity contribution in [1.82, 2.24) is 14.3 Å². The highest BCUT2D eigenvalue weighted by atomic mass is 32.2. The second-order valence-corrected chi connectivity index (χ2v) is 5.62. The summed E-state index contributed by atoms with van der Waals surface area (Å²) in [6.45, 7) is 1.65. The van der Waals surface area contributed by atoms with Crippen LogP contribution in [0.5, 0.6) is 0 Å². The molecule has 0 bridgehead atoms. The number of anilines is 1. The van der Waals surface area contributed by atoms with E-state index in [9.17, 15) is 8.42 Å². The monoisotopic (exact) mass is 281 g/mol. The van der Waals surface area contributed by atoms with Gasteiger partial charge in [0.1, 0.15) is 16.8 Å². The molecule has 7 nitrogen and oxygen atoms in total. The number of nitrogens with one attached hydrogen (secondary N) is 1. The average Bonchev–Trinajstić information content (AvgIpc) is 2.74. The van der Waals surface area contributed by atoms with Crippen molar-refractivity contribution >= 4 is 26.7 Å². The van der Waals surface area contributed by atoms with Crippen LogP contribution in [0.2, 0.25) is 0 Å². The van der Waals surface area contributed by atoms with E-state index in [1.165, 1.54) is 18.3 Å². The first-order valence-electron chi connectivity index (χ1n) is 4.71. The Bertz CT molecular complexity index is 717. The number of pyridine rings is 1. The summed E-state index contributed by atoms with van der Waals surface area (Å²) < 4.78 is 30.2. The fraction of sp³-hybridized carbons (Fsp3) is 0.111. The number of sulfonamides is 1. The fourth-order valence-corrected chi connectivity index (χ4v) is 3.11. The van der Waals surface area contributed by atoms with Crippen molar-refractivity contribution in [3.05, 3.63) is 29.8 Å². The molecule has 2 aromatic heterocycles. The molecule has 18 heavy (non-hydrogen) atoms. The maximum atomic E-state index is 12.0. The van der Waals surface area contributed by atoms with Crippen molar-refractivity contribution in [3.8, 4) is 6.07 Å². The molecule has 0 aliphatic rings. The zero-order valence-electron chi connectivity index (χ0n) is 9.15. The normalized spacial score (nSPS) is 10.9. The van der Waals surface area contributed by atoms with Gasteiger partial charge in [-0.3, -0.25) is 4.72 Å². The second kappa shape index (κ2) is 4.67. The van der Waals surface area contributed by atoms with Crippen molar-refractivity contribution in [2.75, 3.05) is 4.72 Å². The maximum absolute atomic E-state index is 12.0. The van der Waals surface area contributed by atoms with Gasteiger partial charge in [-0.2, -0.15) is 9.64 Å². The summed E-state index contributed by atoms with van der Waals surface area (Å²) in [5, 5.41) is 8.97. The third-order valence-electron chi connectivity index (χ3n) is 1.92. The van der Waals surface area contributed by atoms with Crippen LogP contribution >= 0.6 is 11.5 Å². The van der Waals surface area contributed by atoms with Crippen LogP contribution in [0.3, 0.4) is 0 Å². The van der Waals surface area contributed by atoms with Gasteiger partial charge in [0.15, 0.2) is 5.69 Å². The molecule has 1 N–H and O–H groups in total. The van der Waals surface area contributed by atoms with E-state index in [0.29, 0.717) is 5.82 Å². The molecular weight excluding hydrogens is 274 g/mol. The molecule has 0 spiro atoms. The summed E-state index contributed by atoms with van der Waals surface area (Å²) in [5.41, 5.74) is -0.161. The summed E-state index contributed by atoms with van der Waals surface area (Å²) in [6, 6.07) is 4.48. The van der Waals surface area contributed by atoms with Gasteiger partial charge in [0.2, 0.25) is 5.13 Å². The van der Waals surface area contributed by atoms with Crippen LogP contribution in [0.1, 0.15) is 11.5 Å². The van der Waals surface area contributed by atoms with E-state index in [0.717, 1.165) is 11.5 Å². The summed E-state index contributed by atoms with van der Waals surface area (Å²) in [4.78, 5) is 7.41. The van der Waals surface area contributed by atoms with Crippen molar-refractivity contribution in [1.29, 1.82) is 5.26 Å². The van der Waals surface area contributed by atoms with Gasteiger partial charge in [-0.25, -0.2) is 18.4 Å². The zero-order chi connectivity index (χ0) is 13.2. The first-order chi connectivity index (χ1) is 8.53. The summed E-state index contributed by atoms with van der Waals surface area (Å²) >= 11 is 0.930. The Morgan fingerprint density at radius 2 is 2.28 bits per heavy atom. The predicted molar refractivity (Wildman–Crippen MR) is 64.4 cm³/mol. The summed E-state index contributed by atoms with van der Waals surface area (Å²) in [7, 11) is -3.87. The minimum absolute atomic E-state index is 0.153. The lowest BCUT2D eigenvalue weighted by atomic mass is 10.4. The maximum Gasteiger partial charge on any atom is 0.266 e. The topological polar surface area (TPSA) is 109 Å². The van der Waals surface area contributed by atoms with Gasteiger partial charge in [-0.15, -0.1) is 0 Å². The Morgan fingerprint density at radius 1 is 1.50 bits per heavy atom. The number of aromatic nitrogens is 3. The molecule has 0 radical (unpaired) electrons. The molecule has 0 atom stereocenters. The van der Waals surface area contributed by atoms with Crippen LogP contribution in [0.25, 0.3) is 0 Å². The van der Waals surface area contributed by atoms with Crippen LogP contribution in [0, 0.1) is 18.3 Å². The third kappa shape index (κ3) is 2.44. The van der Waals surface area contributed by atoms with Crippen LogP contribution in [0.4, 0.5) is 5.13 Å². The largest absolute Gasteiger partial charge is 0.266 e. The second-order valence-electron chi connectivity index (χ2n) is 3.21. The number of nitrogens with zero attached hydrogens (tertiary/aromatic N) is 4. The molecule has 2 aromatic rings. The highest BCUT2D eigenvalue weighted by molar-refractivity contribution is 7.93. The van der Waals surface area contributed by atoms with Crippen LogP contribution in [0.15, 0.2) is 23.2 Å². The summed E-state index contributed by atoms with van der Waals surface area (Å²) in [5.74, 6) is 0.476. The minimum atomic E-state index is -3.87. The van der Waals surface area contributed by atoms with Crippen molar-refractivity contribution in [3.63, 3.8) is 0 Å². The smallest absolute Gasteiger partial charge is 0.253 e.